The summed E-state index contributed by atoms with van der Waals surface area (Å²) in [4.78, 5) is 21.5. The van der Waals surface area contributed by atoms with Crippen LogP contribution < -0.4 is 10.9 Å². The molecule has 0 aromatic heterocycles. The second-order valence-electron chi connectivity index (χ2n) is 2.72. The highest BCUT2D eigenvalue weighted by Crippen LogP contribution is 2.09. The van der Waals surface area contributed by atoms with Crippen molar-refractivity contribution in [3.63, 3.8) is 0 Å². The summed E-state index contributed by atoms with van der Waals surface area (Å²) >= 11 is 0. The Hall–Kier alpha value is -2.14. The van der Waals surface area contributed by atoms with Gasteiger partial charge in [-0.15, -0.1) is 0 Å². The lowest BCUT2D eigenvalue weighted by Crippen LogP contribution is -2.36. The van der Waals surface area contributed by atoms with Crippen LogP contribution in [0.2, 0.25) is 0 Å². The number of carboxylic acids is 1. The Bertz CT molecular complexity index is 387. The highest BCUT2D eigenvalue weighted by molar-refractivity contribution is 6.03. The third-order valence-corrected chi connectivity index (χ3v) is 1.64. The quantitative estimate of drug-likeness (QED) is 0.327. The zero-order valence-electron chi connectivity index (χ0n) is 7.83. The summed E-state index contributed by atoms with van der Waals surface area (Å²) in [7, 11) is 0. The molecule has 5 nitrogen and oxygen atoms in total. The SMILES string of the molecule is NN(C(=O)/C=C\C(=O)O)c1ccccc1. The van der Waals surface area contributed by atoms with E-state index >= 15 is 0 Å². The lowest BCUT2D eigenvalue weighted by atomic mass is 10.3. The molecule has 0 heterocycles. The molecule has 1 aromatic rings. The Balaban J connectivity index is 2.74. The van der Waals surface area contributed by atoms with Gasteiger partial charge in [-0.3, -0.25) is 4.79 Å². The van der Waals surface area contributed by atoms with Gasteiger partial charge in [0.25, 0.3) is 5.91 Å². The first-order valence-electron chi connectivity index (χ1n) is 4.16. The number of nitrogens with two attached hydrogens (primary N) is 1. The van der Waals surface area contributed by atoms with Crippen LogP contribution in [0.4, 0.5) is 5.69 Å². The highest BCUT2D eigenvalue weighted by Gasteiger charge is 2.07. The molecule has 0 saturated carbocycles. The summed E-state index contributed by atoms with van der Waals surface area (Å²) in [5.74, 6) is 3.68. The lowest BCUT2D eigenvalue weighted by Gasteiger charge is -2.13. The zero-order valence-corrected chi connectivity index (χ0v) is 7.83. The summed E-state index contributed by atoms with van der Waals surface area (Å²) < 4.78 is 0. The summed E-state index contributed by atoms with van der Waals surface area (Å²) in [6.45, 7) is 0. The molecule has 0 atom stereocenters. The van der Waals surface area contributed by atoms with Gasteiger partial charge in [0.15, 0.2) is 0 Å². The van der Waals surface area contributed by atoms with Crippen molar-refractivity contribution >= 4 is 17.6 Å². The Morgan fingerprint density at radius 3 is 2.33 bits per heavy atom. The predicted molar refractivity (Wildman–Crippen MR) is 54.9 cm³/mol. The van der Waals surface area contributed by atoms with Crippen LogP contribution in [0.1, 0.15) is 0 Å². The smallest absolute Gasteiger partial charge is 0.328 e. The highest BCUT2D eigenvalue weighted by atomic mass is 16.4. The predicted octanol–water partition coefficient (Wildman–Crippen LogP) is 0.534. The van der Waals surface area contributed by atoms with E-state index in [1.54, 1.807) is 30.3 Å². The third kappa shape index (κ3) is 3.24. The molecule has 0 aliphatic carbocycles. The molecule has 1 rings (SSSR count). The average molecular weight is 206 g/mol. The van der Waals surface area contributed by atoms with Gasteiger partial charge in [-0.25, -0.2) is 15.6 Å². The van der Waals surface area contributed by atoms with Crippen LogP contribution >= 0.6 is 0 Å². The second-order valence-corrected chi connectivity index (χ2v) is 2.72. The molecule has 1 amide bonds. The van der Waals surface area contributed by atoms with E-state index in [4.69, 9.17) is 10.9 Å². The summed E-state index contributed by atoms with van der Waals surface area (Å²) in [6.07, 6.45) is 1.64. The molecule has 0 aliphatic heterocycles. The molecule has 0 spiro atoms. The van der Waals surface area contributed by atoms with E-state index < -0.39 is 11.9 Å². The van der Waals surface area contributed by atoms with E-state index in [1.165, 1.54) is 0 Å². The maximum atomic E-state index is 11.3. The van der Waals surface area contributed by atoms with Gasteiger partial charge in [-0.05, 0) is 12.1 Å². The molecule has 0 bridgehead atoms. The Morgan fingerprint density at radius 1 is 1.20 bits per heavy atom. The minimum Gasteiger partial charge on any atom is -0.478 e. The molecule has 3 N–H and O–H groups in total. The van der Waals surface area contributed by atoms with Gasteiger partial charge in [-0.2, -0.15) is 0 Å². The largest absolute Gasteiger partial charge is 0.478 e. The van der Waals surface area contributed by atoms with Crippen molar-refractivity contribution in [2.24, 2.45) is 5.84 Å². The third-order valence-electron chi connectivity index (χ3n) is 1.64. The number of para-hydroxylation sites is 1. The molecule has 1 aromatic carbocycles. The number of aliphatic carboxylic acids is 1. The van der Waals surface area contributed by atoms with Gasteiger partial charge in [0.2, 0.25) is 0 Å². The Labute approximate surface area is 86.4 Å². The van der Waals surface area contributed by atoms with Crippen molar-refractivity contribution < 1.29 is 14.7 Å². The van der Waals surface area contributed by atoms with E-state index in [0.717, 1.165) is 17.2 Å². The van der Waals surface area contributed by atoms with E-state index in [9.17, 15) is 9.59 Å². The fourth-order valence-electron chi connectivity index (χ4n) is 0.939. The first-order valence-corrected chi connectivity index (χ1v) is 4.16. The summed E-state index contributed by atoms with van der Waals surface area (Å²) in [5.41, 5.74) is 0.498. The standard InChI is InChI=1S/C10H10N2O3/c11-12(8-4-2-1-3-5-8)9(13)6-7-10(14)15/h1-7H,11H2,(H,14,15)/b7-6-. The van der Waals surface area contributed by atoms with Gasteiger partial charge < -0.3 is 5.11 Å². The van der Waals surface area contributed by atoms with Gasteiger partial charge in [0.05, 0.1) is 5.69 Å². The summed E-state index contributed by atoms with van der Waals surface area (Å²) in [5, 5.41) is 9.19. The van der Waals surface area contributed by atoms with E-state index in [0.29, 0.717) is 5.69 Å². The molecular formula is C10H10N2O3. The van der Waals surface area contributed by atoms with E-state index in [1.807, 2.05) is 0 Å². The summed E-state index contributed by atoms with van der Waals surface area (Å²) in [6, 6.07) is 8.53. The number of rotatable bonds is 3. The first-order chi connectivity index (χ1) is 7.11. The van der Waals surface area contributed by atoms with Crippen molar-refractivity contribution in [3.05, 3.63) is 42.5 Å². The van der Waals surface area contributed by atoms with Gasteiger partial charge in [0.1, 0.15) is 0 Å². The number of carboxylic acid groups (broad SMARTS) is 1. The molecule has 0 saturated heterocycles. The van der Waals surface area contributed by atoms with Crippen LogP contribution in [-0.4, -0.2) is 17.0 Å². The van der Waals surface area contributed by atoms with Crippen LogP contribution in [-0.2, 0) is 9.59 Å². The molecule has 0 unspecified atom stereocenters. The van der Waals surface area contributed by atoms with Crippen LogP contribution in [0, 0.1) is 0 Å². The number of carbonyl (C=O) groups is 2. The van der Waals surface area contributed by atoms with Crippen LogP contribution in [0.15, 0.2) is 42.5 Å². The topological polar surface area (TPSA) is 83.6 Å². The van der Waals surface area contributed by atoms with Gasteiger partial charge in [-0.1, -0.05) is 18.2 Å². The van der Waals surface area contributed by atoms with Gasteiger partial charge >= 0.3 is 5.97 Å². The van der Waals surface area contributed by atoms with Crippen LogP contribution in [0.25, 0.3) is 0 Å². The maximum Gasteiger partial charge on any atom is 0.328 e. The molecule has 5 heteroatoms. The molecule has 78 valence electrons. The average Bonchev–Trinajstić information content (AvgIpc) is 2.26. The van der Waals surface area contributed by atoms with Crippen molar-refractivity contribution in [1.82, 2.24) is 0 Å². The van der Waals surface area contributed by atoms with Gasteiger partial charge in [0, 0.05) is 12.2 Å². The fraction of sp³-hybridized carbons (Fsp3) is 0. The van der Waals surface area contributed by atoms with Crippen LogP contribution in [0.5, 0.6) is 0 Å². The number of carbonyl (C=O) groups excluding carboxylic acids is 1. The number of hydrogen-bond donors (Lipinski definition) is 2. The Morgan fingerprint density at radius 2 is 1.80 bits per heavy atom. The minimum atomic E-state index is -1.19. The molecule has 15 heavy (non-hydrogen) atoms. The maximum absolute atomic E-state index is 11.3. The minimum absolute atomic E-state index is 0.498. The lowest BCUT2D eigenvalue weighted by molar-refractivity contribution is -0.131. The number of nitrogens with zero attached hydrogens (tertiary/aromatic N) is 1. The molecule has 0 aliphatic rings. The normalized spacial score (nSPS) is 10.2. The number of amides is 1. The fourth-order valence-corrected chi connectivity index (χ4v) is 0.939. The van der Waals surface area contributed by atoms with Crippen LogP contribution in [0.3, 0.4) is 0 Å². The van der Waals surface area contributed by atoms with E-state index in [-0.39, 0.29) is 0 Å². The first kappa shape index (κ1) is 10.9. The number of benzene rings is 1. The molecule has 0 radical (unpaired) electrons. The zero-order chi connectivity index (χ0) is 11.3. The number of hydrogen-bond acceptors (Lipinski definition) is 3. The van der Waals surface area contributed by atoms with E-state index in [2.05, 4.69) is 0 Å². The second kappa shape index (κ2) is 4.92. The molecule has 0 fully saturated rings. The van der Waals surface area contributed by atoms with Crippen molar-refractivity contribution in [2.75, 3.05) is 5.01 Å². The monoisotopic (exact) mass is 206 g/mol. The van der Waals surface area contributed by atoms with Crippen molar-refractivity contribution in [2.45, 2.75) is 0 Å². The Kier molecular flexibility index (Phi) is 3.59. The van der Waals surface area contributed by atoms with Crippen molar-refractivity contribution in [3.8, 4) is 0 Å². The van der Waals surface area contributed by atoms with Crippen molar-refractivity contribution in [1.29, 1.82) is 0 Å². The molecular weight excluding hydrogens is 196 g/mol. The number of hydrazine groups is 1. The number of anilines is 1.